The van der Waals surface area contributed by atoms with Crippen molar-refractivity contribution in [3.8, 4) is 0 Å². The van der Waals surface area contributed by atoms with Gasteiger partial charge in [-0.2, -0.15) is 13.2 Å². The van der Waals surface area contributed by atoms with Gasteiger partial charge in [-0.15, -0.1) is 0 Å². The molecule has 1 aromatic heterocycles. The lowest BCUT2D eigenvalue weighted by Crippen LogP contribution is -2.38. The van der Waals surface area contributed by atoms with E-state index < -0.39 is 35.3 Å². The quantitative estimate of drug-likeness (QED) is 0.799. The van der Waals surface area contributed by atoms with Crippen LogP contribution in [0.1, 0.15) is 32.4 Å². The van der Waals surface area contributed by atoms with Gasteiger partial charge in [0.1, 0.15) is 11.5 Å². The number of carbonyl (C=O) groups excluding carboxylic acids is 2. The Hall–Kier alpha value is -2.71. The zero-order valence-electron chi connectivity index (χ0n) is 14.4. The number of rotatable bonds is 5. The molecule has 1 aromatic rings. The zero-order valence-corrected chi connectivity index (χ0v) is 14.4. The minimum atomic E-state index is -4.87. The van der Waals surface area contributed by atoms with Gasteiger partial charge in [0.15, 0.2) is 0 Å². The number of hydrogen-bond donors (Lipinski definition) is 1. The second-order valence-electron chi connectivity index (χ2n) is 5.34. The Bertz CT molecular complexity index is 747. The molecule has 9 heteroatoms. The molecule has 0 saturated heterocycles. The van der Waals surface area contributed by atoms with Crippen molar-refractivity contribution < 1.29 is 36.7 Å². The number of halogens is 3. The lowest BCUT2D eigenvalue weighted by atomic mass is 9.83. The van der Waals surface area contributed by atoms with E-state index in [-0.39, 0.29) is 30.2 Å². The second kappa shape index (κ2) is 7.67. The maximum Gasteiger partial charge on any atom is 0.431 e. The zero-order chi connectivity index (χ0) is 19.5. The minimum Gasteiger partial charge on any atom is -0.468 e. The maximum atomic E-state index is 13.6. The second-order valence-corrected chi connectivity index (χ2v) is 5.34. The van der Waals surface area contributed by atoms with Gasteiger partial charge in [0.25, 0.3) is 0 Å². The summed E-state index contributed by atoms with van der Waals surface area (Å²) in [6, 6.07) is 2.83. The highest BCUT2D eigenvalue weighted by Gasteiger charge is 2.48. The number of furan rings is 1. The van der Waals surface area contributed by atoms with E-state index >= 15 is 0 Å². The summed E-state index contributed by atoms with van der Waals surface area (Å²) < 4.78 is 55.7. The number of esters is 2. The van der Waals surface area contributed by atoms with Crippen molar-refractivity contribution in [3.05, 3.63) is 46.7 Å². The summed E-state index contributed by atoms with van der Waals surface area (Å²) in [5.74, 6) is -3.44. The minimum absolute atomic E-state index is 0.00120. The van der Waals surface area contributed by atoms with E-state index in [1.807, 2.05) is 0 Å². The standard InChI is InChI=1S/C17H18F3NO5/c1-4-24-15(22)11-9(3)21-14(17(18,19)20)13(16(23)25-5-2)12(11)10-7-6-8-26-10/h6-8,12,21H,4-5H2,1-3H3. The number of carbonyl (C=O) groups is 2. The van der Waals surface area contributed by atoms with Crippen molar-refractivity contribution in [3.63, 3.8) is 0 Å². The Morgan fingerprint density at radius 3 is 2.19 bits per heavy atom. The predicted molar refractivity (Wildman–Crippen MR) is 83.6 cm³/mol. The fourth-order valence-electron chi connectivity index (χ4n) is 2.70. The van der Waals surface area contributed by atoms with Crippen molar-refractivity contribution in [2.45, 2.75) is 32.9 Å². The van der Waals surface area contributed by atoms with Gasteiger partial charge in [-0.25, -0.2) is 9.59 Å². The molecule has 1 aliphatic rings. The van der Waals surface area contributed by atoms with Crippen LogP contribution in [0.3, 0.4) is 0 Å². The number of alkyl halides is 3. The van der Waals surface area contributed by atoms with Crippen LogP contribution in [-0.2, 0) is 19.1 Å². The molecule has 6 nitrogen and oxygen atoms in total. The molecule has 0 aromatic carbocycles. The molecule has 0 spiro atoms. The lowest BCUT2D eigenvalue weighted by molar-refractivity contribution is -0.141. The molecular weight excluding hydrogens is 355 g/mol. The molecule has 0 amide bonds. The molecule has 1 atom stereocenters. The van der Waals surface area contributed by atoms with Crippen LogP contribution in [0.25, 0.3) is 0 Å². The van der Waals surface area contributed by atoms with E-state index in [0.717, 1.165) is 0 Å². The van der Waals surface area contributed by atoms with Gasteiger partial charge in [-0.3, -0.25) is 0 Å². The molecule has 2 heterocycles. The van der Waals surface area contributed by atoms with Crippen molar-refractivity contribution in [2.75, 3.05) is 13.2 Å². The molecular formula is C17H18F3NO5. The van der Waals surface area contributed by atoms with Crippen molar-refractivity contribution in [2.24, 2.45) is 0 Å². The Morgan fingerprint density at radius 2 is 1.73 bits per heavy atom. The normalized spacial score (nSPS) is 17.8. The summed E-state index contributed by atoms with van der Waals surface area (Å²) in [6.07, 6.45) is -3.63. The molecule has 0 radical (unpaired) electrons. The van der Waals surface area contributed by atoms with Crippen LogP contribution in [-0.4, -0.2) is 31.3 Å². The van der Waals surface area contributed by atoms with E-state index in [1.165, 1.54) is 32.2 Å². The molecule has 0 bridgehead atoms. The molecule has 1 N–H and O–H groups in total. The van der Waals surface area contributed by atoms with Crippen LogP contribution >= 0.6 is 0 Å². The first kappa shape index (κ1) is 19.6. The fraction of sp³-hybridized carbons (Fsp3) is 0.412. The molecule has 0 saturated carbocycles. The van der Waals surface area contributed by atoms with Crippen molar-refractivity contribution in [1.82, 2.24) is 5.32 Å². The van der Waals surface area contributed by atoms with E-state index in [0.29, 0.717) is 0 Å². The third-order valence-electron chi connectivity index (χ3n) is 3.67. The van der Waals surface area contributed by atoms with E-state index in [4.69, 9.17) is 13.9 Å². The van der Waals surface area contributed by atoms with Gasteiger partial charge in [0.2, 0.25) is 0 Å². The third kappa shape index (κ3) is 3.76. The highest BCUT2D eigenvalue weighted by molar-refractivity contribution is 5.99. The van der Waals surface area contributed by atoms with Crippen LogP contribution in [0.5, 0.6) is 0 Å². The van der Waals surface area contributed by atoms with Crippen LogP contribution in [0.15, 0.2) is 45.4 Å². The summed E-state index contributed by atoms with van der Waals surface area (Å²) in [6.45, 7) is 4.23. The van der Waals surface area contributed by atoms with Gasteiger partial charge in [-0.1, -0.05) is 0 Å². The Balaban J connectivity index is 2.72. The largest absolute Gasteiger partial charge is 0.468 e. The topological polar surface area (TPSA) is 77.8 Å². The molecule has 142 valence electrons. The van der Waals surface area contributed by atoms with Crippen LogP contribution < -0.4 is 5.32 Å². The van der Waals surface area contributed by atoms with E-state index in [9.17, 15) is 22.8 Å². The SMILES string of the molecule is CCOC(=O)C1=C(C)NC(C(F)(F)F)=C(C(=O)OCC)C1c1ccco1. The lowest BCUT2D eigenvalue weighted by Gasteiger charge is -2.30. The van der Waals surface area contributed by atoms with Crippen molar-refractivity contribution in [1.29, 1.82) is 0 Å². The average molecular weight is 373 g/mol. The maximum absolute atomic E-state index is 13.6. The van der Waals surface area contributed by atoms with Gasteiger partial charge in [0.05, 0.1) is 36.5 Å². The highest BCUT2D eigenvalue weighted by atomic mass is 19.4. The van der Waals surface area contributed by atoms with Crippen LogP contribution in [0.4, 0.5) is 13.2 Å². The first-order chi connectivity index (χ1) is 12.2. The summed E-state index contributed by atoms with van der Waals surface area (Å²) in [5.41, 5.74) is -2.26. The number of hydrogen-bond acceptors (Lipinski definition) is 6. The summed E-state index contributed by atoms with van der Waals surface area (Å²) >= 11 is 0. The Kier molecular flexibility index (Phi) is 5.79. The number of allylic oxidation sites excluding steroid dienone is 2. The van der Waals surface area contributed by atoms with E-state index in [2.05, 4.69) is 5.32 Å². The fourth-order valence-corrected chi connectivity index (χ4v) is 2.70. The Labute approximate surface area is 147 Å². The first-order valence-corrected chi connectivity index (χ1v) is 7.89. The molecule has 1 aliphatic heterocycles. The van der Waals surface area contributed by atoms with Gasteiger partial charge < -0.3 is 19.2 Å². The smallest absolute Gasteiger partial charge is 0.431 e. The van der Waals surface area contributed by atoms with Gasteiger partial charge >= 0.3 is 18.1 Å². The number of nitrogens with one attached hydrogen (secondary N) is 1. The number of dihydropyridines is 1. The molecule has 1 unspecified atom stereocenters. The van der Waals surface area contributed by atoms with Crippen LogP contribution in [0.2, 0.25) is 0 Å². The number of ether oxygens (including phenoxy) is 2. The van der Waals surface area contributed by atoms with Crippen molar-refractivity contribution >= 4 is 11.9 Å². The van der Waals surface area contributed by atoms with Crippen LogP contribution in [0, 0.1) is 0 Å². The predicted octanol–water partition coefficient (Wildman–Crippen LogP) is 3.18. The first-order valence-electron chi connectivity index (χ1n) is 7.89. The Morgan fingerprint density at radius 1 is 1.15 bits per heavy atom. The molecule has 2 rings (SSSR count). The third-order valence-corrected chi connectivity index (χ3v) is 3.67. The van der Waals surface area contributed by atoms with E-state index in [1.54, 1.807) is 6.92 Å². The molecule has 0 aliphatic carbocycles. The molecule has 26 heavy (non-hydrogen) atoms. The highest BCUT2D eigenvalue weighted by Crippen LogP contribution is 2.43. The van der Waals surface area contributed by atoms with Gasteiger partial charge in [0, 0.05) is 5.70 Å². The summed E-state index contributed by atoms with van der Waals surface area (Å²) in [4.78, 5) is 24.7. The summed E-state index contributed by atoms with van der Waals surface area (Å²) in [7, 11) is 0. The average Bonchev–Trinajstić information content (AvgIpc) is 3.07. The molecule has 0 fully saturated rings. The monoisotopic (exact) mass is 373 g/mol. The van der Waals surface area contributed by atoms with Gasteiger partial charge in [-0.05, 0) is 32.9 Å². The summed E-state index contributed by atoms with van der Waals surface area (Å²) in [5, 5.41) is 2.12.